The van der Waals surface area contributed by atoms with Crippen LogP contribution in [0.2, 0.25) is 0 Å². The van der Waals surface area contributed by atoms with Crippen LogP contribution in [-0.4, -0.2) is 15.6 Å². The lowest BCUT2D eigenvalue weighted by molar-refractivity contribution is -0.0379. The second-order valence-electron chi connectivity index (χ2n) is 6.60. The van der Waals surface area contributed by atoms with Gasteiger partial charge in [-0.2, -0.15) is 0 Å². The van der Waals surface area contributed by atoms with Gasteiger partial charge in [-0.15, -0.1) is 11.3 Å². The number of ether oxygens (including phenoxy) is 1. The SMILES string of the molecule is CC1(C)Cc2c(sc3nc(CNCc4ccco4)[nH]c(=O)c23)CO1. The van der Waals surface area contributed by atoms with Gasteiger partial charge in [0.15, 0.2) is 0 Å². The molecule has 0 unspecified atom stereocenters. The van der Waals surface area contributed by atoms with Crippen LogP contribution >= 0.6 is 11.3 Å². The summed E-state index contributed by atoms with van der Waals surface area (Å²) >= 11 is 1.56. The topological polar surface area (TPSA) is 80.2 Å². The minimum absolute atomic E-state index is 0.0648. The summed E-state index contributed by atoms with van der Waals surface area (Å²) in [6.45, 7) is 5.73. The molecule has 24 heavy (non-hydrogen) atoms. The molecule has 0 saturated carbocycles. The Labute approximate surface area is 142 Å². The molecule has 0 radical (unpaired) electrons. The second-order valence-corrected chi connectivity index (χ2v) is 7.69. The first kappa shape index (κ1) is 15.6. The highest BCUT2D eigenvalue weighted by Crippen LogP contribution is 2.36. The summed E-state index contributed by atoms with van der Waals surface area (Å²) in [7, 11) is 0. The van der Waals surface area contributed by atoms with E-state index in [-0.39, 0.29) is 11.2 Å². The van der Waals surface area contributed by atoms with E-state index in [4.69, 9.17) is 9.15 Å². The zero-order valence-corrected chi connectivity index (χ0v) is 14.5. The van der Waals surface area contributed by atoms with Crippen molar-refractivity contribution in [1.29, 1.82) is 0 Å². The number of hydrogen-bond donors (Lipinski definition) is 2. The van der Waals surface area contributed by atoms with E-state index in [0.29, 0.717) is 25.5 Å². The number of aromatic nitrogens is 2. The van der Waals surface area contributed by atoms with Gasteiger partial charge < -0.3 is 19.5 Å². The van der Waals surface area contributed by atoms with Gasteiger partial charge in [0, 0.05) is 11.3 Å². The molecule has 4 heterocycles. The number of fused-ring (bicyclic) bond motifs is 3. The molecule has 0 aliphatic carbocycles. The Bertz CT molecular complexity index is 925. The molecule has 3 aromatic heterocycles. The maximum absolute atomic E-state index is 12.6. The summed E-state index contributed by atoms with van der Waals surface area (Å²) in [5, 5.41) is 3.95. The Morgan fingerprint density at radius 3 is 3.08 bits per heavy atom. The fraction of sp³-hybridized carbons (Fsp3) is 0.412. The highest BCUT2D eigenvalue weighted by Gasteiger charge is 2.30. The smallest absolute Gasteiger partial charge is 0.259 e. The maximum atomic E-state index is 12.6. The standard InChI is InChI=1S/C17H19N3O3S/c1-17(2)6-11-12(9-23-17)24-16-14(11)15(21)19-13(20-16)8-18-7-10-4-3-5-22-10/h3-5,18H,6-9H2,1-2H3,(H,19,20,21). The van der Waals surface area contributed by atoms with Crippen LogP contribution in [0.5, 0.6) is 0 Å². The Hall–Kier alpha value is -1.96. The van der Waals surface area contributed by atoms with E-state index >= 15 is 0 Å². The highest BCUT2D eigenvalue weighted by atomic mass is 32.1. The Morgan fingerprint density at radius 1 is 1.42 bits per heavy atom. The van der Waals surface area contributed by atoms with Crippen molar-refractivity contribution in [3.05, 3.63) is 50.8 Å². The Kier molecular flexibility index (Phi) is 3.79. The van der Waals surface area contributed by atoms with Crippen LogP contribution in [0, 0.1) is 0 Å². The van der Waals surface area contributed by atoms with Crippen molar-refractivity contribution < 1.29 is 9.15 Å². The lowest BCUT2D eigenvalue weighted by Gasteiger charge is -2.29. The van der Waals surface area contributed by atoms with E-state index in [2.05, 4.69) is 15.3 Å². The molecule has 1 aliphatic rings. The quantitative estimate of drug-likeness (QED) is 0.760. The first-order chi connectivity index (χ1) is 11.5. The van der Waals surface area contributed by atoms with Crippen LogP contribution < -0.4 is 10.9 Å². The van der Waals surface area contributed by atoms with Crippen LogP contribution in [0.3, 0.4) is 0 Å². The Balaban J connectivity index is 1.60. The van der Waals surface area contributed by atoms with Crippen molar-refractivity contribution in [2.75, 3.05) is 0 Å². The molecule has 4 rings (SSSR count). The first-order valence-electron chi connectivity index (χ1n) is 7.92. The molecule has 0 saturated heterocycles. The van der Waals surface area contributed by atoms with Crippen molar-refractivity contribution in [3.8, 4) is 0 Å². The van der Waals surface area contributed by atoms with Gasteiger partial charge in [-0.1, -0.05) is 0 Å². The number of aromatic amines is 1. The van der Waals surface area contributed by atoms with Gasteiger partial charge in [-0.05, 0) is 31.5 Å². The molecule has 0 atom stereocenters. The van der Waals surface area contributed by atoms with Crippen LogP contribution in [-0.2, 0) is 30.9 Å². The molecule has 0 amide bonds. The number of thiophene rings is 1. The molecule has 0 bridgehead atoms. The van der Waals surface area contributed by atoms with Crippen molar-refractivity contribution in [1.82, 2.24) is 15.3 Å². The molecular formula is C17H19N3O3S. The Morgan fingerprint density at radius 2 is 2.29 bits per heavy atom. The fourth-order valence-electron chi connectivity index (χ4n) is 3.00. The molecule has 7 heteroatoms. The predicted octanol–water partition coefficient (Wildman–Crippen LogP) is 2.72. The lowest BCUT2D eigenvalue weighted by atomic mass is 9.94. The molecule has 6 nitrogen and oxygen atoms in total. The summed E-state index contributed by atoms with van der Waals surface area (Å²) in [4.78, 5) is 22.0. The minimum Gasteiger partial charge on any atom is -0.468 e. The minimum atomic E-state index is -0.239. The average molecular weight is 345 g/mol. The molecule has 0 fully saturated rings. The molecule has 3 aromatic rings. The predicted molar refractivity (Wildman–Crippen MR) is 92.1 cm³/mol. The third-order valence-electron chi connectivity index (χ3n) is 4.16. The van der Waals surface area contributed by atoms with E-state index in [0.717, 1.165) is 32.8 Å². The van der Waals surface area contributed by atoms with E-state index < -0.39 is 0 Å². The molecule has 2 N–H and O–H groups in total. The summed E-state index contributed by atoms with van der Waals surface area (Å²) < 4.78 is 11.1. The van der Waals surface area contributed by atoms with Gasteiger partial charge in [0.05, 0.1) is 36.9 Å². The molecule has 126 valence electrons. The largest absolute Gasteiger partial charge is 0.468 e. The zero-order chi connectivity index (χ0) is 16.7. The van der Waals surface area contributed by atoms with Gasteiger partial charge in [0.2, 0.25) is 0 Å². The second kappa shape index (κ2) is 5.84. The third kappa shape index (κ3) is 2.90. The van der Waals surface area contributed by atoms with Crippen LogP contribution in [0.4, 0.5) is 0 Å². The van der Waals surface area contributed by atoms with Crippen molar-refractivity contribution >= 4 is 21.6 Å². The molecular weight excluding hydrogens is 326 g/mol. The van der Waals surface area contributed by atoms with Crippen molar-refractivity contribution in [3.63, 3.8) is 0 Å². The number of H-pyrrole nitrogens is 1. The van der Waals surface area contributed by atoms with Crippen LogP contribution in [0.25, 0.3) is 10.2 Å². The summed E-state index contributed by atoms with van der Waals surface area (Å²) in [6, 6.07) is 3.75. The van der Waals surface area contributed by atoms with Crippen molar-refractivity contribution in [2.24, 2.45) is 0 Å². The van der Waals surface area contributed by atoms with Gasteiger partial charge >= 0.3 is 0 Å². The van der Waals surface area contributed by atoms with Gasteiger partial charge in [0.25, 0.3) is 5.56 Å². The van der Waals surface area contributed by atoms with E-state index in [1.54, 1.807) is 17.6 Å². The molecule has 0 aromatic carbocycles. The number of furan rings is 1. The lowest BCUT2D eigenvalue weighted by Crippen LogP contribution is -2.31. The average Bonchev–Trinajstić information content (AvgIpc) is 3.13. The first-order valence-corrected chi connectivity index (χ1v) is 8.74. The van der Waals surface area contributed by atoms with E-state index in [1.165, 1.54) is 0 Å². The van der Waals surface area contributed by atoms with Crippen LogP contribution in [0.1, 0.15) is 35.9 Å². The van der Waals surface area contributed by atoms with Crippen molar-refractivity contribution in [2.45, 2.75) is 45.6 Å². The number of rotatable bonds is 4. The summed E-state index contributed by atoms with van der Waals surface area (Å²) in [5.41, 5.74) is 0.788. The highest BCUT2D eigenvalue weighted by molar-refractivity contribution is 7.18. The van der Waals surface area contributed by atoms with E-state index in [1.807, 2.05) is 26.0 Å². The maximum Gasteiger partial charge on any atom is 0.259 e. The summed E-state index contributed by atoms with van der Waals surface area (Å²) in [5.74, 6) is 1.49. The van der Waals surface area contributed by atoms with Crippen LogP contribution in [0.15, 0.2) is 27.6 Å². The number of nitrogens with zero attached hydrogens (tertiary/aromatic N) is 1. The van der Waals surface area contributed by atoms with Gasteiger partial charge in [-0.3, -0.25) is 4.79 Å². The van der Waals surface area contributed by atoms with E-state index in [9.17, 15) is 4.79 Å². The third-order valence-corrected chi connectivity index (χ3v) is 5.26. The monoisotopic (exact) mass is 345 g/mol. The zero-order valence-electron chi connectivity index (χ0n) is 13.6. The summed E-state index contributed by atoms with van der Waals surface area (Å²) in [6.07, 6.45) is 2.38. The number of nitrogens with one attached hydrogen (secondary N) is 2. The molecule has 0 spiro atoms. The van der Waals surface area contributed by atoms with Gasteiger partial charge in [0.1, 0.15) is 16.4 Å². The molecule has 1 aliphatic heterocycles. The number of hydrogen-bond acceptors (Lipinski definition) is 6. The normalized spacial score (nSPS) is 16.4. The van der Waals surface area contributed by atoms with Gasteiger partial charge in [-0.25, -0.2) is 4.98 Å². The fourth-order valence-corrected chi connectivity index (χ4v) is 4.12.